The van der Waals surface area contributed by atoms with Crippen molar-refractivity contribution in [3.05, 3.63) is 47.9 Å². The number of nitrogens with zero attached hydrogens (tertiary/aromatic N) is 5. The maximum atomic E-state index is 13.3. The molecule has 184 valence electrons. The molecule has 1 aliphatic rings. The summed E-state index contributed by atoms with van der Waals surface area (Å²) in [5, 5.41) is 8.91. The molecule has 1 fully saturated rings. The van der Waals surface area contributed by atoms with Crippen LogP contribution in [-0.2, 0) is 26.6 Å². The van der Waals surface area contributed by atoms with Crippen LogP contribution in [0.5, 0.6) is 5.88 Å². The van der Waals surface area contributed by atoms with E-state index in [4.69, 9.17) is 10.00 Å². The Hall–Kier alpha value is -2.59. The minimum Gasteiger partial charge on any atom is -0.474 e. The first-order valence-corrected chi connectivity index (χ1v) is 14.2. The smallest absolute Gasteiger partial charge is 0.244 e. The number of sulfonamides is 2. The Morgan fingerprint density at radius 3 is 2.32 bits per heavy atom. The molecule has 3 heterocycles. The molecule has 0 aromatic carbocycles. The Kier molecular flexibility index (Phi) is 8.25. The van der Waals surface area contributed by atoms with Crippen LogP contribution in [0.15, 0.2) is 41.6 Å². The first-order valence-electron chi connectivity index (χ1n) is 10.9. The zero-order chi connectivity index (χ0) is 24.9. The Labute approximate surface area is 201 Å². The third-order valence-corrected chi connectivity index (χ3v) is 8.47. The fourth-order valence-electron chi connectivity index (χ4n) is 3.63. The van der Waals surface area contributed by atoms with Gasteiger partial charge in [0.25, 0.3) is 0 Å². The molecule has 0 spiro atoms. The van der Waals surface area contributed by atoms with E-state index in [9.17, 15) is 16.8 Å². The van der Waals surface area contributed by atoms with Gasteiger partial charge in [-0.15, -0.1) is 0 Å². The molecule has 0 N–H and O–H groups in total. The van der Waals surface area contributed by atoms with Crippen molar-refractivity contribution in [2.45, 2.75) is 44.2 Å². The first kappa shape index (κ1) is 26.0. The molecule has 0 saturated carbocycles. The second-order valence-electron chi connectivity index (χ2n) is 8.67. The summed E-state index contributed by atoms with van der Waals surface area (Å²) in [5.41, 5.74) is 0.945. The number of rotatable bonds is 9. The minimum atomic E-state index is -3.83. The molecule has 3 rings (SSSR count). The summed E-state index contributed by atoms with van der Waals surface area (Å²) in [6, 6.07) is 8.19. The number of hydrogen-bond acceptors (Lipinski definition) is 8. The lowest BCUT2D eigenvalue weighted by Crippen LogP contribution is -2.41. The molecule has 10 nitrogen and oxygen atoms in total. The van der Waals surface area contributed by atoms with Gasteiger partial charge in [-0.3, -0.25) is 0 Å². The average Bonchev–Trinajstić information content (AvgIpc) is 2.79. The van der Waals surface area contributed by atoms with Gasteiger partial charge in [-0.2, -0.15) is 9.57 Å². The summed E-state index contributed by atoms with van der Waals surface area (Å²) in [6.45, 7) is 5.05. The zero-order valence-corrected chi connectivity index (χ0v) is 21.1. The highest BCUT2D eigenvalue weighted by molar-refractivity contribution is 7.89. The molecule has 2 aromatic rings. The Bertz CT molecular complexity index is 1220. The summed E-state index contributed by atoms with van der Waals surface area (Å²) in [7, 11) is -7.05. The maximum Gasteiger partial charge on any atom is 0.244 e. The molecule has 0 aliphatic carbocycles. The van der Waals surface area contributed by atoms with Gasteiger partial charge in [0.15, 0.2) is 0 Å². The van der Waals surface area contributed by atoms with Gasteiger partial charge in [0.2, 0.25) is 25.9 Å². The predicted octanol–water partition coefficient (Wildman–Crippen LogP) is 2.00. The second-order valence-corrected chi connectivity index (χ2v) is 12.6. The lowest BCUT2D eigenvalue weighted by molar-refractivity contribution is 0.130. The number of nitriles is 1. The standard InChI is InChI=1S/C22H29N5O5S2/c1-17(2)15-27(16-18-4-5-19(12-23)24-13-18)34(30,31)21-6-7-22(25-14-21)32-20-8-10-26(11-9-20)33(3,28)29/h4-7,13-14,17,20H,8-11,15-16H2,1-3H3. The van der Waals surface area contributed by atoms with Gasteiger partial charge in [0.05, 0.1) is 12.5 Å². The monoisotopic (exact) mass is 507 g/mol. The van der Waals surface area contributed by atoms with Crippen LogP contribution in [0.1, 0.15) is 37.9 Å². The van der Waals surface area contributed by atoms with Crippen molar-refractivity contribution in [1.29, 1.82) is 5.26 Å². The molecule has 0 unspecified atom stereocenters. The first-order chi connectivity index (χ1) is 16.0. The van der Waals surface area contributed by atoms with Crippen molar-refractivity contribution in [1.82, 2.24) is 18.6 Å². The van der Waals surface area contributed by atoms with Crippen LogP contribution in [0.4, 0.5) is 0 Å². The topological polar surface area (TPSA) is 134 Å². The van der Waals surface area contributed by atoms with Crippen molar-refractivity contribution in [2.75, 3.05) is 25.9 Å². The van der Waals surface area contributed by atoms with E-state index >= 15 is 0 Å². The Morgan fingerprint density at radius 2 is 1.82 bits per heavy atom. The van der Waals surface area contributed by atoms with Gasteiger partial charge in [0, 0.05) is 38.4 Å². The summed E-state index contributed by atoms with van der Waals surface area (Å²) in [4.78, 5) is 8.26. The van der Waals surface area contributed by atoms with E-state index in [0.29, 0.717) is 43.9 Å². The fraction of sp³-hybridized carbons (Fsp3) is 0.500. The van der Waals surface area contributed by atoms with Gasteiger partial charge in [-0.25, -0.2) is 31.1 Å². The fourth-order valence-corrected chi connectivity index (χ4v) is 6.04. The quantitative estimate of drug-likeness (QED) is 0.503. The molecular weight excluding hydrogens is 478 g/mol. The molecule has 0 atom stereocenters. The number of aromatic nitrogens is 2. The predicted molar refractivity (Wildman–Crippen MR) is 126 cm³/mol. The average molecular weight is 508 g/mol. The Morgan fingerprint density at radius 1 is 1.12 bits per heavy atom. The lowest BCUT2D eigenvalue weighted by atomic mass is 10.1. The van der Waals surface area contributed by atoms with E-state index in [1.165, 1.54) is 39.4 Å². The zero-order valence-electron chi connectivity index (χ0n) is 19.5. The van der Waals surface area contributed by atoms with Crippen LogP contribution in [0.2, 0.25) is 0 Å². The molecule has 0 bridgehead atoms. The minimum absolute atomic E-state index is 0.0500. The number of hydrogen-bond donors (Lipinski definition) is 0. The van der Waals surface area contributed by atoms with Crippen LogP contribution in [0.3, 0.4) is 0 Å². The largest absolute Gasteiger partial charge is 0.474 e. The van der Waals surface area contributed by atoms with Gasteiger partial charge >= 0.3 is 0 Å². The summed E-state index contributed by atoms with van der Waals surface area (Å²) in [5.74, 6) is 0.387. The highest BCUT2D eigenvalue weighted by atomic mass is 32.2. The SMILES string of the molecule is CC(C)CN(Cc1ccc(C#N)nc1)S(=O)(=O)c1ccc(OC2CCN(S(C)(=O)=O)CC2)nc1. The highest BCUT2D eigenvalue weighted by Gasteiger charge is 2.28. The third kappa shape index (κ3) is 6.73. The molecule has 0 radical (unpaired) electrons. The van der Waals surface area contributed by atoms with E-state index in [0.717, 1.165) is 0 Å². The van der Waals surface area contributed by atoms with Crippen molar-refractivity contribution >= 4 is 20.0 Å². The van der Waals surface area contributed by atoms with Crippen LogP contribution in [-0.4, -0.2) is 67.4 Å². The van der Waals surface area contributed by atoms with Crippen molar-refractivity contribution < 1.29 is 21.6 Å². The molecular formula is C22H29N5O5S2. The van der Waals surface area contributed by atoms with Gasteiger partial charge < -0.3 is 4.74 Å². The molecule has 1 saturated heterocycles. The number of ether oxygens (including phenoxy) is 1. The summed E-state index contributed by atoms with van der Waals surface area (Å²) in [6.07, 6.45) is 4.86. The molecule has 1 aliphatic heterocycles. The van der Waals surface area contributed by atoms with Crippen LogP contribution < -0.4 is 4.74 Å². The van der Waals surface area contributed by atoms with Gasteiger partial charge in [-0.1, -0.05) is 19.9 Å². The van der Waals surface area contributed by atoms with Crippen molar-refractivity contribution in [2.24, 2.45) is 5.92 Å². The van der Waals surface area contributed by atoms with Crippen molar-refractivity contribution in [3.8, 4) is 11.9 Å². The van der Waals surface area contributed by atoms with E-state index in [1.54, 1.807) is 12.1 Å². The number of pyridine rings is 2. The normalized spacial score (nSPS) is 16.0. The molecule has 34 heavy (non-hydrogen) atoms. The lowest BCUT2D eigenvalue weighted by Gasteiger charge is -2.30. The third-order valence-electron chi connectivity index (χ3n) is 5.37. The van der Waals surface area contributed by atoms with Crippen molar-refractivity contribution in [3.63, 3.8) is 0 Å². The van der Waals surface area contributed by atoms with Gasteiger partial charge in [0.1, 0.15) is 22.8 Å². The van der Waals surface area contributed by atoms with Crippen LogP contribution >= 0.6 is 0 Å². The van der Waals surface area contributed by atoms with Crippen LogP contribution in [0, 0.1) is 17.2 Å². The highest BCUT2D eigenvalue weighted by Crippen LogP contribution is 2.23. The van der Waals surface area contributed by atoms with E-state index in [2.05, 4.69) is 9.97 Å². The molecule has 12 heteroatoms. The second kappa shape index (κ2) is 10.8. The van der Waals surface area contributed by atoms with E-state index in [-0.39, 0.29) is 29.2 Å². The number of piperidine rings is 1. The van der Waals surface area contributed by atoms with Crippen LogP contribution in [0.25, 0.3) is 0 Å². The maximum absolute atomic E-state index is 13.3. The molecule has 2 aromatic heterocycles. The summed E-state index contributed by atoms with van der Waals surface area (Å²) < 4.78 is 58.6. The summed E-state index contributed by atoms with van der Waals surface area (Å²) >= 11 is 0. The van der Waals surface area contributed by atoms with Gasteiger partial charge in [-0.05, 0) is 36.5 Å². The Balaban J connectivity index is 1.70. The van der Waals surface area contributed by atoms with E-state index in [1.807, 2.05) is 19.9 Å². The van der Waals surface area contributed by atoms with E-state index < -0.39 is 20.0 Å². The molecule has 0 amide bonds.